The number of carbonyl (C=O) groups excluding carboxylic acids is 2. The second-order valence-electron chi connectivity index (χ2n) is 7.71. The van der Waals surface area contributed by atoms with Gasteiger partial charge in [-0.05, 0) is 58.7 Å². The summed E-state index contributed by atoms with van der Waals surface area (Å²) in [6.45, 7) is 0.297. The largest absolute Gasteiger partial charge is 0.397 e. The summed E-state index contributed by atoms with van der Waals surface area (Å²) in [5.41, 5.74) is 17.0. The fourth-order valence-electron chi connectivity index (χ4n) is 3.62. The Balaban J connectivity index is 1.71. The number of rotatable bonds is 7. The predicted molar refractivity (Wildman–Crippen MR) is 130 cm³/mol. The van der Waals surface area contributed by atoms with Crippen LogP contribution in [0.2, 0.25) is 0 Å². The fourth-order valence-corrected chi connectivity index (χ4v) is 3.62. The number of carbonyl (C=O) groups is 2. The van der Waals surface area contributed by atoms with E-state index in [1.807, 2.05) is 60.7 Å². The summed E-state index contributed by atoms with van der Waals surface area (Å²) < 4.78 is 0. The Morgan fingerprint density at radius 1 is 0.788 bits per heavy atom. The third kappa shape index (κ3) is 5.25. The Labute approximate surface area is 192 Å². The summed E-state index contributed by atoms with van der Waals surface area (Å²) in [6, 6.07) is 26.2. The monoisotopic (exact) mass is 436 g/mol. The third-order valence-electron chi connectivity index (χ3n) is 5.41. The van der Waals surface area contributed by atoms with E-state index >= 15 is 0 Å². The zero-order valence-corrected chi connectivity index (χ0v) is 18.0. The maximum atomic E-state index is 13.5. The highest BCUT2D eigenvalue weighted by Gasteiger charge is 2.20. The van der Waals surface area contributed by atoms with Gasteiger partial charge >= 0.3 is 0 Å². The lowest BCUT2D eigenvalue weighted by molar-refractivity contribution is -0.118. The van der Waals surface area contributed by atoms with Gasteiger partial charge in [-0.25, -0.2) is 0 Å². The van der Waals surface area contributed by atoms with Crippen molar-refractivity contribution in [3.05, 3.63) is 114 Å². The Bertz CT molecular complexity index is 1260. The van der Waals surface area contributed by atoms with Crippen LogP contribution < -0.4 is 16.4 Å². The first-order chi connectivity index (χ1) is 16.0. The van der Waals surface area contributed by atoms with Gasteiger partial charge in [-0.2, -0.15) is 0 Å². The summed E-state index contributed by atoms with van der Waals surface area (Å²) in [6.07, 6.45) is 3.54. The standard InChI is InChI=1S/C27H24N4O2/c28-24-11-10-23(21-4-2-1-3-5-21)17-25(24)31(26(32)16-19-12-14-30-15-13-19)18-20-6-8-22(9-7-20)27(29)33/h1-15,17H,16,18,28H2,(H2,29,33). The van der Waals surface area contributed by atoms with Crippen LogP contribution in [0.1, 0.15) is 21.5 Å². The molecule has 0 aliphatic heterocycles. The van der Waals surface area contributed by atoms with E-state index < -0.39 is 5.91 Å². The van der Waals surface area contributed by atoms with Gasteiger partial charge in [0.1, 0.15) is 0 Å². The van der Waals surface area contributed by atoms with Crippen LogP contribution in [0.15, 0.2) is 97.3 Å². The number of nitrogens with zero attached hydrogens (tertiary/aromatic N) is 2. The van der Waals surface area contributed by atoms with Crippen LogP contribution >= 0.6 is 0 Å². The third-order valence-corrected chi connectivity index (χ3v) is 5.41. The number of hydrogen-bond acceptors (Lipinski definition) is 4. The zero-order chi connectivity index (χ0) is 23.2. The van der Waals surface area contributed by atoms with E-state index in [4.69, 9.17) is 11.5 Å². The first-order valence-corrected chi connectivity index (χ1v) is 10.5. The van der Waals surface area contributed by atoms with E-state index in [1.54, 1.807) is 41.6 Å². The number of benzene rings is 3. The number of aromatic nitrogens is 1. The van der Waals surface area contributed by atoms with Crippen molar-refractivity contribution in [2.45, 2.75) is 13.0 Å². The van der Waals surface area contributed by atoms with Crippen LogP contribution in [0.25, 0.3) is 11.1 Å². The van der Waals surface area contributed by atoms with Crippen molar-refractivity contribution in [1.82, 2.24) is 4.98 Å². The van der Waals surface area contributed by atoms with E-state index in [1.165, 1.54) is 0 Å². The van der Waals surface area contributed by atoms with Crippen LogP contribution in [-0.4, -0.2) is 16.8 Å². The Morgan fingerprint density at radius 3 is 2.15 bits per heavy atom. The molecule has 2 amide bonds. The smallest absolute Gasteiger partial charge is 0.248 e. The summed E-state index contributed by atoms with van der Waals surface area (Å²) >= 11 is 0. The molecule has 4 N–H and O–H groups in total. The highest BCUT2D eigenvalue weighted by molar-refractivity contribution is 5.98. The van der Waals surface area contributed by atoms with Gasteiger partial charge < -0.3 is 16.4 Å². The highest BCUT2D eigenvalue weighted by atomic mass is 16.2. The molecule has 0 saturated heterocycles. The zero-order valence-electron chi connectivity index (χ0n) is 18.0. The average Bonchev–Trinajstić information content (AvgIpc) is 2.84. The molecule has 0 saturated carbocycles. The quantitative estimate of drug-likeness (QED) is 0.424. The first kappa shape index (κ1) is 21.8. The van der Waals surface area contributed by atoms with Crippen LogP contribution in [-0.2, 0) is 17.8 Å². The Hall–Kier alpha value is -4.45. The first-order valence-electron chi connectivity index (χ1n) is 10.5. The van der Waals surface area contributed by atoms with Gasteiger partial charge in [0.15, 0.2) is 0 Å². The second kappa shape index (κ2) is 9.78. The van der Waals surface area contributed by atoms with Crippen molar-refractivity contribution in [3.8, 4) is 11.1 Å². The molecular formula is C27H24N4O2. The normalized spacial score (nSPS) is 10.5. The van der Waals surface area contributed by atoms with Gasteiger partial charge in [-0.15, -0.1) is 0 Å². The van der Waals surface area contributed by atoms with Crippen LogP contribution in [0, 0.1) is 0 Å². The SMILES string of the molecule is NC(=O)c1ccc(CN(C(=O)Cc2ccncc2)c2cc(-c3ccccc3)ccc2N)cc1. The molecule has 0 atom stereocenters. The molecular weight excluding hydrogens is 412 g/mol. The van der Waals surface area contributed by atoms with Crippen molar-refractivity contribution in [3.63, 3.8) is 0 Å². The molecule has 4 rings (SSSR count). The summed E-state index contributed by atoms with van der Waals surface area (Å²) in [5.74, 6) is -0.593. The van der Waals surface area contributed by atoms with Crippen molar-refractivity contribution in [2.24, 2.45) is 5.73 Å². The highest BCUT2D eigenvalue weighted by Crippen LogP contribution is 2.31. The Morgan fingerprint density at radius 2 is 1.48 bits per heavy atom. The number of anilines is 2. The minimum absolute atomic E-state index is 0.0999. The summed E-state index contributed by atoms with van der Waals surface area (Å²) in [4.78, 5) is 30.6. The second-order valence-corrected chi connectivity index (χ2v) is 7.71. The molecule has 164 valence electrons. The molecule has 6 nitrogen and oxygen atoms in total. The van der Waals surface area contributed by atoms with Crippen molar-refractivity contribution in [2.75, 3.05) is 10.6 Å². The van der Waals surface area contributed by atoms with Crippen LogP contribution in [0.3, 0.4) is 0 Å². The van der Waals surface area contributed by atoms with Crippen molar-refractivity contribution >= 4 is 23.2 Å². The maximum absolute atomic E-state index is 13.5. The lowest BCUT2D eigenvalue weighted by Crippen LogP contribution is -2.32. The molecule has 0 radical (unpaired) electrons. The minimum Gasteiger partial charge on any atom is -0.397 e. The molecule has 6 heteroatoms. The summed E-state index contributed by atoms with van der Waals surface area (Å²) in [7, 11) is 0. The number of primary amides is 1. The molecule has 0 unspecified atom stereocenters. The molecule has 4 aromatic rings. The van der Waals surface area contributed by atoms with E-state index in [2.05, 4.69) is 4.98 Å². The van der Waals surface area contributed by atoms with E-state index in [0.29, 0.717) is 23.5 Å². The van der Waals surface area contributed by atoms with Gasteiger partial charge in [0.05, 0.1) is 24.3 Å². The van der Waals surface area contributed by atoms with Gasteiger partial charge in [-0.1, -0.05) is 48.5 Å². The van der Waals surface area contributed by atoms with Gasteiger partial charge in [-0.3, -0.25) is 14.6 Å². The van der Waals surface area contributed by atoms with Crippen molar-refractivity contribution < 1.29 is 9.59 Å². The number of nitrogens with two attached hydrogens (primary N) is 2. The topological polar surface area (TPSA) is 102 Å². The minimum atomic E-state index is -0.494. The van der Waals surface area contributed by atoms with E-state index in [0.717, 1.165) is 22.3 Å². The molecule has 3 aromatic carbocycles. The van der Waals surface area contributed by atoms with E-state index in [-0.39, 0.29) is 12.3 Å². The lowest BCUT2D eigenvalue weighted by Gasteiger charge is -2.25. The van der Waals surface area contributed by atoms with Crippen LogP contribution in [0.4, 0.5) is 11.4 Å². The number of nitrogen functional groups attached to an aromatic ring is 1. The average molecular weight is 437 g/mol. The van der Waals surface area contributed by atoms with Gasteiger partial charge in [0.25, 0.3) is 0 Å². The molecule has 33 heavy (non-hydrogen) atoms. The maximum Gasteiger partial charge on any atom is 0.248 e. The molecule has 0 spiro atoms. The Kier molecular flexibility index (Phi) is 6.45. The van der Waals surface area contributed by atoms with E-state index in [9.17, 15) is 9.59 Å². The molecule has 0 aliphatic carbocycles. The summed E-state index contributed by atoms with van der Waals surface area (Å²) in [5, 5.41) is 0. The molecule has 1 heterocycles. The molecule has 1 aromatic heterocycles. The molecule has 0 aliphatic rings. The number of hydrogen-bond donors (Lipinski definition) is 2. The number of amides is 2. The number of pyridine rings is 1. The molecule has 0 fully saturated rings. The lowest BCUT2D eigenvalue weighted by atomic mass is 10.0. The van der Waals surface area contributed by atoms with Gasteiger partial charge in [0, 0.05) is 18.0 Å². The van der Waals surface area contributed by atoms with Gasteiger partial charge in [0.2, 0.25) is 11.8 Å². The predicted octanol–water partition coefficient (Wildman–Crippen LogP) is 4.21. The molecule has 0 bridgehead atoms. The fraction of sp³-hybridized carbons (Fsp3) is 0.0741. The van der Waals surface area contributed by atoms with Crippen LogP contribution in [0.5, 0.6) is 0 Å². The van der Waals surface area contributed by atoms with Crippen molar-refractivity contribution in [1.29, 1.82) is 0 Å².